The number of aromatic nitrogens is 2. The average molecular weight is 695 g/mol. The van der Waals surface area contributed by atoms with Crippen molar-refractivity contribution in [2.45, 2.75) is 46.1 Å². The third kappa shape index (κ3) is 4.77. The molecule has 0 bridgehead atoms. The predicted octanol–water partition coefficient (Wildman–Crippen LogP) is 5.70. The van der Waals surface area contributed by atoms with Crippen LogP contribution in [0.2, 0.25) is 0 Å². The van der Waals surface area contributed by atoms with Crippen molar-refractivity contribution in [3.63, 3.8) is 0 Å². The Morgan fingerprint density at radius 1 is 0.769 bits per heavy atom. The number of nitrogens with one attached hydrogen (secondary N) is 2. The number of rotatable bonds is 10. The van der Waals surface area contributed by atoms with Crippen LogP contribution in [0.4, 0.5) is 11.4 Å². The van der Waals surface area contributed by atoms with Crippen LogP contribution < -0.4 is 26.2 Å². The molecule has 1 aliphatic rings. The van der Waals surface area contributed by atoms with E-state index < -0.39 is 30.0 Å². The minimum atomic E-state index is -0.868. The number of carbonyl (C=O) groups excluding carboxylic acids is 1. The fourth-order valence-electron chi connectivity index (χ4n) is 8.16. The summed E-state index contributed by atoms with van der Waals surface area (Å²) >= 11 is 0. The first-order chi connectivity index (χ1) is 25.2. The number of ketones is 1. The third-order valence-corrected chi connectivity index (χ3v) is 10.2. The molecule has 0 spiro atoms. The molecule has 5 aromatic carbocycles. The van der Waals surface area contributed by atoms with E-state index in [-0.39, 0.29) is 58.0 Å². The van der Waals surface area contributed by atoms with Crippen LogP contribution >= 0.6 is 0 Å². The van der Waals surface area contributed by atoms with Gasteiger partial charge in [0.15, 0.2) is 16.6 Å². The second-order valence-electron chi connectivity index (χ2n) is 13.1. The van der Waals surface area contributed by atoms with Crippen molar-refractivity contribution in [3.8, 4) is 11.5 Å². The van der Waals surface area contributed by atoms with Crippen LogP contribution in [0.15, 0.2) is 76.1 Å². The maximum atomic E-state index is 14.4. The molecule has 2 heterocycles. The summed E-state index contributed by atoms with van der Waals surface area (Å²) in [6.45, 7) is 2.66. The van der Waals surface area contributed by atoms with Gasteiger partial charge in [0.05, 0.1) is 72.9 Å². The Morgan fingerprint density at radius 2 is 1.33 bits per heavy atom. The molecule has 8 rings (SSSR count). The predicted molar refractivity (Wildman–Crippen MR) is 202 cm³/mol. The SMILES string of the molecule is COc1c(NCc2ccccn2)c2c(=O)cc(CO)c3c4c(CO)cc(=O)c5c(O)c(NCc6ccccn6)c6c(c(c1C(C(C)=O)C(C)=C6)c23)c54. The summed E-state index contributed by atoms with van der Waals surface area (Å²) in [5.74, 6) is -1.10. The van der Waals surface area contributed by atoms with E-state index in [1.54, 1.807) is 24.5 Å². The maximum absolute atomic E-state index is 14.4. The van der Waals surface area contributed by atoms with Crippen LogP contribution in [0.5, 0.6) is 11.5 Å². The van der Waals surface area contributed by atoms with E-state index >= 15 is 0 Å². The average Bonchev–Trinajstić information content (AvgIpc) is 3.28. The molecule has 0 saturated heterocycles. The number of pyridine rings is 2. The van der Waals surface area contributed by atoms with Gasteiger partial charge in [0.1, 0.15) is 11.5 Å². The number of carbonyl (C=O) groups is 1. The highest BCUT2D eigenvalue weighted by Crippen LogP contribution is 2.56. The molecule has 0 amide bonds. The molecule has 260 valence electrons. The van der Waals surface area contributed by atoms with E-state index in [0.717, 1.165) is 0 Å². The van der Waals surface area contributed by atoms with Gasteiger partial charge in [-0.3, -0.25) is 24.4 Å². The number of hydrogen-bond acceptors (Lipinski definition) is 11. The number of fused-ring (bicyclic) bond motifs is 1. The van der Waals surface area contributed by atoms with E-state index in [1.165, 1.54) is 26.2 Å². The minimum absolute atomic E-state index is 0.00189. The third-order valence-electron chi connectivity index (χ3n) is 10.2. The molecule has 0 fully saturated rings. The molecule has 7 aromatic rings. The number of aliphatic hydroxyl groups excluding tert-OH is 2. The van der Waals surface area contributed by atoms with Crippen LogP contribution in [-0.4, -0.2) is 38.2 Å². The molecule has 1 aliphatic carbocycles. The summed E-state index contributed by atoms with van der Waals surface area (Å²) in [6.07, 6.45) is 5.15. The second-order valence-corrected chi connectivity index (χ2v) is 13.1. The number of benzene rings is 5. The van der Waals surface area contributed by atoms with E-state index in [2.05, 4.69) is 20.6 Å². The van der Waals surface area contributed by atoms with E-state index in [9.17, 15) is 29.7 Å². The van der Waals surface area contributed by atoms with Crippen LogP contribution in [0, 0.1) is 0 Å². The van der Waals surface area contributed by atoms with Crippen molar-refractivity contribution in [1.82, 2.24) is 9.97 Å². The largest absolute Gasteiger partial charge is 0.505 e. The Balaban J connectivity index is 1.66. The molecule has 0 radical (unpaired) electrons. The molecule has 2 aromatic heterocycles. The summed E-state index contributed by atoms with van der Waals surface area (Å²) in [6, 6.07) is 13.6. The number of phenols is 1. The van der Waals surface area contributed by atoms with Gasteiger partial charge in [-0.15, -0.1) is 0 Å². The van der Waals surface area contributed by atoms with Crippen molar-refractivity contribution < 1.29 is 24.9 Å². The Hall–Kier alpha value is -6.17. The zero-order valence-corrected chi connectivity index (χ0v) is 28.6. The van der Waals surface area contributed by atoms with Crippen molar-refractivity contribution in [2.75, 3.05) is 17.7 Å². The lowest BCUT2D eigenvalue weighted by Gasteiger charge is -2.27. The molecular formula is C41H34N4O7. The van der Waals surface area contributed by atoms with E-state index in [1.807, 2.05) is 37.3 Å². The normalized spacial score (nSPS) is 14.0. The first-order valence-electron chi connectivity index (χ1n) is 16.8. The van der Waals surface area contributed by atoms with Crippen molar-refractivity contribution >= 4 is 66.3 Å². The summed E-state index contributed by atoms with van der Waals surface area (Å²) < 4.78 is 6.18. The highest BCUT2D eigenvalue weighted by Gasteiger charge is 2.37. The standard InChI is InChI=1S/C41H34N4O7/c1-19-12-25-31-34-29(22(18-47)14-27(50)33(34)40(51)38(25)44-15-23-8-4-6-10-42-23)30-21(17-46)13-26(49)32-35(30)36(31)37(28(19)20(2)48)41(52-3)39(32)45-16-24-9-5-7-11-43-24/h4-14,28,44-47,51H,15-18H2,1-3H3. The fraction of sp³-hybridized carbons (Fsp3) is 0.195. The molecule has 11 heteroatoms. The Kier molecular flexibility index (Phi) is 7.97. The van der Waals surface area contributed by atoms with Crippen molar-refractivity contribution in [2.24, 2.45) is 0 Å². The fourth-order valence-corrected chi connectivity index (χ4v) is 8.16. The number of hydrogen-bond donors (Lipinski definition) is 5. The number of phenolic OH excluding ortho intramolecular Hbond substituents is 1. The molecule has 1 atom stereocenters. The van der Waals surface area contributed by atoms with Gasteiger partial charge in [0.25, 0.3) is 0 Å². The summed E-state index contributed by atoms with van der Waals surface area (Å²) in [5, 5.41) is 43.2. The van der Waals surface area contributed by atoms with Gasteiger partial charge < -0.3 is 30.7 Å². The summed E-state index contributed by atoms with van der Waals surface area (Å²) in [4.78, 5) is 51.1. The number of Topliss-reactive ketones (excluding diaryl/α,β-unsaturated/α-hetero) is 1. The topological polar surface area (TPSA) is 171 Å². The number of allylic oxidation sites excluding steroid dienone is 1. The Labute approximate surface area is 296 Å². The van der Waals surface area contributed by atoms with Gasteiger partial charge in [-0.2, -0.15) is 0 Å². The second kappa shape index (κ2) is 12.6. The van der Waals surface area contributed by atoms with Gasteiger partial charge in [-0.05, 0) is 77.5 Å². The first-order valence-corrected chi connectivity index (χ1v) is 16.8. The minimum Gasteiger partial charge on any atom is -0.505 e. The summed E-state index contributed by atoms with van der Waals surface area (Å²) in [5.41, 5.74) is 3.18. The Morgan fingerprint density at radius 3 is 1.85 bits per heavy atom. The molecule has 0 saturated carbocycles. The first kappa shape index (κ1) is 33.0. The highest BCUT2D eigenvalue weighted by molar-refractivity contribution is 6.39. The van der Waals surface area contributed by atoms with Crippen LogP contribution in [0.3, 0.4) is 0 Å². The zero-order valence-electron chi connectivity index (χ0n) is 28.6. The molecule has 0 aliphatic heterocycles. The van der Waals surface area contributed by atoms with Crippen molar-refractivity contribution in [3.05, 3.63) is 121 Å². The zero-order chi connectivity index (χ0) is 36.4. The quantitative estimate of drug-likeness (QED) is 0.0676. The Bertz CT molecular complexity index is 2730. The maximum Gasteiger partial charge on any atom is 0.190 e. The lowest BCUT2D eigenvalue weighted by atomic mass is 9.79. The van der Waals surface area contributed by atoms with Gasteiger partial charge in [-0.25, -0.2) is 0 Å². The molecule has 52 heavy (non-hydrogen) atoms. The smallest absolute Gasteiger partial charge is 0.190 e. The van der Waals surface area contributed by atoms with Crippen LogP contribution in [0.1, 0.15) is 53.4 Å². The van der Waals surface area contributed by atoms with Gasteiger partial charge >= 0.3 is 0 Å². The number of methoxy groups -OCH3 is 1. The molecule has 11 nitrogen and oxygen atoms in total. The molecule has 1 unspecified atom stereocenters. The monoisotopic (exact) mass is 694 g/mol. The summed E-state index contributed by atoms with van der Waals surface area (Å²) in [7, 11) is 1.48. The highest BCUT2D eigenvalue weighted by atomic mass is 16.5. The van der Waals surface area contributed by atoms with Gasteiger partial charge in [0, 0.05) is 39.7 Å². The number of aromatic hydroxyl groups is 1. The number of nitrogens with zero attached hydrogens (tertiary/aromatic N) is 2. The van der Waals surface area contributed by atoms with E-state index in [4.69, 9.17) is 4.74 Å². The lowest BCUT2D eigenvalue weighted by molar-refractivity contribution is -0.117. The van der Waals surface area contributed by atoms with Crippen LogP contribution in [0.25, 0.3) is 49.2 Å². The number of anilines is 2. The van der Waals surface area contributed by atoms with Gasteiger partial charge in [-0.1, -0.05) is 23.8 Å². The van der Waals surface area contributed by atoms with Crippen LogP contribution in [-0.2, 0) is 31.1 Å². The number of ether oxygens (including phenoxy) is 1. The van der Waals surface area contributed by atoms with Gasteiger partial charge in [0.2, 0.25) is 0 Å². The molecular weight excluding hydrogens is 660 g/mol. The van der Waals surface area contributed by atoms with Crippen molar-refractivity contribution in [1.29, 1.82) is 0 Å². The lowest BCUT2D eigenvalue weighted by Crippen LogP contribution is -2.17. The molecule has 5 N–H and O–H groups in total. The van der Waals surface area contributed by atoms with E-state index in [0.29, 0.717) is 66.1 Å². The number of aliphatic hydroxyl groups is 2.